The molecule has 0 saturated carbocycles. The van der Waals surface area contributed by atoms with Crippen LogP contribution in [0.15, 0.2) is 79.1 Å². The third kappa shape index (κ3) is 2.95. The molecule has 0 saturated heterocycles. The van der Waals surface area contributed by atoms with Gasteiger partial charge in [0.2, 0.25) is 0 Å². The first-order valence-electron chi connectivity index (χ1n) is 8.48. The van der Waals surface area contributed by atoms with Crippen molar-refractivity contribution in [3.63, 3.8) is 0 Å². The molecule has 1 atom stereocenters. The van der Waals surface area contributed by atoms with E-state index in [-0.39, 0.29) is 11.9 Å². The van der Waals surface area contributed by atoms with E-state index in [4.69, 9.17) is 0 Å². The second-order valence-electron chi connectivity index (χ2n) is 6.10. The number of rotatable bonds is 4. The van der Waals surface area contributed by atoms with Gasteiger partial charge in [-0.05, 0) is 18.6 Å². The molecule has 0 aliphatic rings. The molecule has 5 heteroatoms. The molecule has 2 aromatic heterocycles. The molecular formula is C21H18N4O. The minimum absolute atomic E-state index is 0.101. The normalized spacial score (nSPS) is 12.0. The molecule has 0 radical (unpaired) electrons. The summed E-state index contributed by atoms with van der Waals surface area (Å²) < 4.78 is 1.71. The Balaban J connectivity index is 1.66. The van der Waals surface area contributed by atoms with Gasteiger partial charge in [0, 0.05) is 11.8 Å². The Bertz CT molecular complexity index is 1040. The number of hydrogen-bond donors (Lipinski definition) is 1. The molecule has 1 amide bonds. The van der Waals surface area contributed by atoms with Gasteiger partial charge in [0.05, 0.1) is 17.9 Å². The van der Waals surface area contributed by atoms with E-state index in [9.17, 15) is 4.79 Å². The van der Waals surface area contributed by atoms with Crippen LogP contribution in [0.5, 0.6) is 0 Å². The van der Waals surface area contributed by atoms with E-state index < -0.39 is 0 Å². The standard InChI is InChI=1S/C21H18N4O/c1-15(16-8-4-2-5-9-16)24-21(26)18-14-23-25-19(12-13-22-20(18)25)17-10-6-3-7-11-17/h2-15H,1H3,(H,24,26)/t15-/m0/s1. The topological polar surface area (TPSA) is 59.3 Å². The molecule has 0 aliphatic carbocycles. The van der Waals surface area contributed by atoms with Gasteiger partial charge >= 0.3 is 0 Å². The Morgan fingerprint density at radius 2 is 1.69 bits per heavy atom. The van der Waals surface area contributed by atoms with E-state index in [1.807, 2.05) is 73.7 Å². The van der Waals surface area contributed by atoms with Crippen molar-refractivity contribution in [2.24, 2.45) is 0 Å². The summed E-state index contributed by atoms with van der Waals surface area (Å²) in [4.78, 5) is 17.1. The van der Waals surface area contributed by atoms with E-state index in [2.05, 4.69) is 15.4 Å². The molecule has 0 fully saturated rings. The van der Waals surface area contributed by atoms with Crippen molar-refractivity contribution in [2.75, 3.05) is 0 Å². The van der Waals surface area contributed by atoms with Gasteiger partial charge in [-0.25, -0.2) is 9.50 Å². The fraction of sp³-hybridized carbons (Fsp3) is 0.0952. The minimum atomic E-state index is -0.186. The third-order valence-electron chi connectivity index (χ3n) is 4.36. The minimum Gasteiger partial charge on any atom is -0.345 e. The summed E-state index contributed by atoms with van der Waals surface area (Å²) >= 11 is 0. The average Bonchev–Trinajstić information content (AvgIpc) is 3.13. The van der Waals surface area contributed by atoms with Crippen LogP contribution in [-0.4, -0.2) is 20.5 Å². The summed E-state index contributed by atoms with van der Waals surface area (Å²) in [6.07, 6.45) is 3.28. The van der Waals surface area contributed by atoms with E-state index >= 15 is 0 Å². The van der Waals surface area contributed by atoms with E-state index in [1.165, 1.54) is 0 Å². The Hall–Kier alpha value is -3.47. The number of carbonyl (C=O) groups is 1. The third-order valence-corrected chi connectivity index (χ3v) is 4.36. The van der Waals surface area contributed by atoms with Crippen molar-refractivity contribution in [3.05, 3.63) is 90.3 Å². The molecular weight excluding hydrogens is 324 g/mol. The Morgan fingerprint density at radius 1 is 1.00 bits per heavy atom. The van der Waals surface area contributed by atoms with Crippen molar-refractivity contribution >= 4 is 11.6 Å². The summed E-state index contributed by atoms with van der Waals surface area (Å²) in [6, 6.07) is 21.6. The van der Waals surface area contributed by atoms with Gasteiger partial charge in [-0.1, -0.05) is 60.7 Å². The fourth-order valence-corrected chi connectivity index (χ4v) is 2.98. The van der Waals surface area contributed by atoms with Crippen LogP contribution in [-0.2, 0) is 0 Å². The highest BCUT2D eigenvalue weighted by atomic mass is 16.1. The molecule has 4 aromatic rings. The SMILES string of the molecule is C[C@H](NC(=O)c1cnn2c(-c3ccccc3)ccnc12)c1ccccc1. The number of hydrogen-bond acceptors (Lipinski definition) is 3. The first kappa shape index (κ1) is 16.0. The van der Waals surface area contributed by atoms with Crippen LogP contribution in [0.4, 0.5) is 0 Å². The monoisotopic (exact) mass is 342 g/mol. The maximum Gasteiger partial charge on any atom is 0.257 e. The van der Waals surface area contributed by atoms with Crippen molar-refractivity contribution in [3.8, 4) is 11.3 Å². The lowest BCUT2D eigenvalue weighted by atomic mass is 10.1. The first-order chi connectivity index (χ1) is 12.7. The molecule has 0 bridgehead atoms. The van der Waals surface area contributed by atoms with Gasteiger partial charge in [0.15, 0.2) is 5.65 Å². The maximum atomic E-state index is 12.7. The molecule has 26 heavy (non-hydrogen) atoms. The van der Waals surface area contributed by atoms with Gasteiger partial charge in [-0.3, -0.25) is 4.79 Å². The highest BCUT2D eigenvalue weighted by Gasteiger charge is 2.18. The molecule has 5 nitrogen and oxygen atoms in total. The van der Waals surface area contributed by atoms with Gasteiger partial charge in [-0.15, -0.1) is 0 Å². The number of fused-ring (bicyclic) bond motifs is 1. The van der Waals surface area contributed by atoms with Gasteiger partial charge in [0.25, 0.3) is 5.91 Å². The van der Waals surface area contributed by atoms with E-state index in [0.29, 0.717) is 11.2 Å². The van der Waals surface area contributed by atoms with Crippen molar-refractivity contribution in [2.45, 2.75) is 13.0 Å². The zero-order valence-corrected chi connectivity index (χ0v) is 14.3. The zero-order chi connectivity index (χ0) is 17.9. The van der Waals surface area contributed by atoms with Crippen molar-refractivity contribution < 1.29 is 4.79 Å². The summed E-state index contributed by atoms with van der Waals surface area (Å²) in [5.74, 6) is -0.186. The summed E-state index contributed by atoms with van der Waals surface area (Å²) in [7, 11) is 0. The first-order valence-corrected chi connectivity index (χ1v) is 8.48. The molecule has 1 N–H and O–H groups in total. The van der Waals surface area contributed by atoms with Crippen LogP contribution in [0, 0.1) is 0 Å². The lowest BCUT2D eigenvalue weighted by Gasteiger charge is -2.13. The molecule has 128 valence electrons. The van der Waals surface area contributed by atoms with E-state index in [0.717, 1.165) is 16.8 Å². The fourth-order valence-electron chi connectivity index (χ4n) is 2.98. The zero-order valence-electron chi connectivity index (χ0n) is 14.3. The maximum absolute atomic E-state index is 12.7. The predicted octanol–water partition coefficient (Wildman–Crippen LogP) is 3.89. The predicted molar refractivity (Wildman–Crippen MR) is 101 cm³/mol. The molecule has 0 unspecified atom stereocenters. The summed E-state index contributed by atoms with van der Waals surface area (Å²) in [5, 5.41) is 7.41. The van der Waals surface area contributed by atoms with Gasteiger partial charge in [0.1, 0.15) is 5.56 Å². The average molecular weight is 342 g/mol. The summed E-state index contributed by atoms with van der Waals surface area (Å²) in [6.45, 7) is 1.96. The largest absolute Gasteiger partial charge is 0.345 e. The Morgan fingerprint density at radius 3 is 2.42 bits per heavy atom. The number of aromatic nitrogens is 3. The van der Waals surface area contributed by atoms with Gasteiger partial charge < -0.3 is 5.32 Å². The number of nitrogens with one attached hydrogen (secondary N) is 1. The van der Waals surface area contributed by atoms with Crippen molar-refractivity contribution in [1.29, 1.82) is 0 Å². The second kappa shape index (κ2) is 6.80. The number of amides is 1. The number of benzene rings is 2. The van der Waals surface area contributed by atoms with Gasteiger partial charge in [-0.2, -0.15) is 5.10 Å². The van der Waals surface area contributed by atoms with Crippen LogP contribution in [0.2, 0.25) is 0 Å². The van der Waals surface area contributed by atoms with Crippen LogP contribution in [0.3, 0.4) is 0 Å². The molecule has 0 aliphatic heterocycles. The summed E-state index contributed by atoms with van der Waals surface area (Å²) in [5.41, 5.74) is 3.98. The quantitative estimate of drug-likeness (QED) is 0.612. The Kier molecular flexibility index (Phi) is 4.19. The highest BCUT2D eigenvalue weighted by Crippen LogP contribution is 2.21. The molecule has 4 rings (SSSR count). The highest BCUT2D eigenvalue weighted by molar-refractivity contribution is 6.00. The number of nitrogens with zero attached hydrogens (tertiary/aromatic N) is 3. The number of carbonyl (C=O) groups excluding carboxylic acids is 1. The van der Waals surface area contributed by atoms with E-state index in [1.54, 1.807) is 16.9 Å². The smallest absolute Gasteiger partial charge is 0.257 e. The van der Waals surface area contributed by atoms with Crippen LogP contribution >= 0.6 is 0 Å². The van der Waals surface area contributed by atoms with Crippen LogP contribution in [0.25, 0.3) is 16.9 Å². The molecule has 2 heterocycles. The molecule has 0 spiro atoms. The molecule has 2 aromatic carbocycles. The van der Waals surface area contributed by atoms with Crippen LogP contribution < -0.4 is 5.32 Å². The van der Waals surface area contributed by atoms with Crippen LogP contribution in [0.1, 0.15) is 28.9 Å². The van der Waals surface area contributed by atoms with Crippen molar-refractivity contribution in [1.82, 2.24) is 19.9 Å². The lowest BCUT2D eigenvalue weighted by Crippen LogP contribution is -2.26. The second-order valence-corrected chi connectivity index (χ2v) is 6.10. The lowest BCUT2D eigenvalue weighted by molar-refractivity contribution is 0.0941. The Labute approximate surface area is 151 Å².